The Hall–Kier alpha value is -0.410. The van der Waals surface area contributed by atoms with E-state index in [1.165, 1.54) is 0 Å². The molecule has 0 aromatic heterocycles. The summed E-state index contributed by atoms with van der Waals surface area (Å²) >= 11 is 4.97. The molecule has 0 nitrogen and oxygen atoms in total. The lowest BCUT2D eigenvalue weighted by Gasteiger charge is -1.54. The third kappa shape index (κ3) is 3.59. The average Bonchev–Trinajstić information content (AvgIpc) is 1.61. The lowest BCUT2D eigenvalue weighted by atomic mass is 10.6. The van der Waals surface area contributed by atoms with Gasteiger partial charge in [-0.05, 0) is 24.6 Å². The predicted octanol–water partition coefficient (Wildman–Crippen LogP) is 1.76. The highest BCUT2D eigenvalue weighted by molar-refractivity contribution is 6.30. The van der Waals surface area contributed by atoms with Crippen molar-refractivity contribution < 1.29 is 0 Å². The zero-order chi connectivity index (χ0) is 4.83. The van der Waals surface area contributed by atoms with Crippen LogP contribution in [0.1, 0.15) is 6.92 Å². The molecule has 6 heavy (non-hydrogen) atoms. The maximum Gasteiger partial charge on any atom is 0.00888 e. The molecule has 0 rings (SSSR count). The quantitative estimate of drug-likeness (QED) is 0.407. The Bertz CT molecular complexity index is 92.2. The molecule has 0 unspecified atom stereocenters. The van der Waals surface area contributed by atoms with Crippen molar-refractivity contribution in [1.82, 2.24) is 0 Å². The largest absolute Gasteiger partial charge is 0.0792 e. The summed E-state index contributed by atoms with van der Waals surface area (Å²) in [6, 6.07) is 0. The number of rotatable bonds is 0. The Morgan fingerprint density at radius 1 is 1.67 bits per heavy atom. The highest BCUT2D eigenvalue weighted by Crippen LogP contribution is 1.66. The van der Waals surface area contributed by atoms with Crippen LogP contribution < -0.4 is 0 Å². The van der Waals surface area contributed by atoms with E-state index in [1.54, 1.807) is 6.08 Å². The summed E-state index contributed by atoms with van der Waals surface area (Å²) in [6.07, 6.45) is 3.52. The second-order valence-electron chi connectivity index (χ2n) is 0.739. The van der Waals surface area contributed by atoms with E-state index in [9.17, 15) is 0 Å². The molecule has 0 saturated carbocycles. The van der Waals surface area contributed by atoms with Gasteiger partial charge in [0.05, 0.1) is 0 Å². The molecule has 0 heterocycles. The van der Waals surface area contributed by atoms with Crippen LogP contribution in [0.15, 0.2) is 12.2 Å². The first-order valence-corrected chi connectivity index (χ1v) is 2.02. The average molecular weight is 101 g/mol. The van der Waals surface area contributed by atoms with E-state index in [2.05, 4.69) is 11.3 Å². The van der Waals surface area contributed by atoms with Crippen molar-refractivity contribution in [2.75, 3.05) is 0 Å². The molecule has 0 aromatic carbocycles. The third-order valence-corrected chi connectivity index (χ3v) is 0.414. The minimum Gasteiger partial charge on any atom is -0.0792 e. The van der Waals surface area contributed by atoms with Crippen molar-refractivity contribution >= 4 is 11.6 Å². The van der Waals surface area contributed by atoms with E-state index in [-0.39, 0.29) is 0 Å². The molecular formula is C5H5Cl. The topological polar surface area (TPSA) is 0 Å². The van der Waals surface area contributed by atoms with E-state index in [4.69, 9.17) is 11.6 Å². The van der Waals surface area contributed by atoms with Gasteiger partial charge in [0.25, 0.3) is 0 Å². The summed E-state index contributed by atoms with van der Waals surface area (Å²) in [5.41, 5.74) is 0. The van der Waals surface area contributed by atoms with Gasteiger partial charge in [0, 0.05) is 5.38 Å². The van der Waals surface area contributed by atoms with Gasteiger partial charge in [0.1, 0.15) is 0 Å². The third-order valence-electron chi connectivity index (χ3n) is 0.305. The zero-order valence-corrected chi connectivity index (χ0v) is 4.29. The Morgan fingerprint density at radius 3 is 2.50 bits per heavy atom. The molecule has 0 atom stereocenters. The first kappa shape index (κ1) is 5.59. The standard InChI is InChI=1S/C5H5Cl/c1-2-3-4-5-6/h2-3H,1H3/b3-2+. The Morgan fingerprint density at radius 2 is 2.33 bits per heavy atom. The highest BCUT2D eigenvalue weighted by Gasteiger charge is 1.47. The van der Waals surface area contributed by atoms with Gasteiger partial charge in [-0.1, -0.05) is 12.0 Å². The summed E-state index contributed by atoms with van der Waals surface area (Å²) in [7, 11) is 0. The van der Waals surface area contributed by atoms with Gasteiger partial charge in [-0.25, -0.2) is 0 Å². The summed E-state index contributed by atoms with van der Waals surface area (Å²) in [5.74, 6) is 2.53. The SMILES string of the molecule is C/C=C/C#CCl. The van der Waals surface area contributed by atoms with Gasteiger partial charge in [-0.2, -0.15) is 0 Å². The van der Waals surface area contributed by atoms with Gasteiger partial charge in [0.2, 0.25) is 0 Å². The van der Waals surface area contributed by atoms with Crippen molar-refractivity contribution in [3.8, 4) is 11.3 Å². The summed E-state index contributed by atoms with van der Waals surface area (Å²) in [4.78, 5) is 0. The van der Waals surface area contributed by atoms with Gasteiger partial charge >= 0.3 is 0 Å². The molecule has 0 aliphatic carbocycles. The number of hydrogen-bond acceptors (Lipinski definition) is 0. The van der Waals surface area contributed by atoms with Crippen molar-refractivity contribution in [2.45, 2.75) is 6.92 Å². The first-order chi connectivity index (χ1) is 2.91. The van der Waals surface area contributed by atoms with Gasteiger partial charge < -0.3 is 0 Å². The molecule has 0 radical (unpaired) electrons. The maximum absolute atomic E-state index is 4.97. The molecule has 0 fully saturated rings. The molecule has 0 aliphatic heterocycles. The number of allylic oxidation sites excluding steroid dienone is 2. The van der Waals surface area contributed by atoms with Crippen LogP contribution in [0, 0.1) is 11.3 Å². The minimum absolute atomic E-state index is 1.69. The van der Waals surface area contributed by atoms with Crippen molar-refractivity contribution in [1.29, 1.82) is 0 Å². The molecule has 0 saturated heterocycles. The van der Waals surface area contributed by atoms with Crippen LogP contribution in [0.4, 0.5) is 0 Å². The van der Waals surface area contributed by atoms with E-state index >= 15 is 0 Å². The predicted molar refractivity (Wildman–Crippen MR) is 28.4 cm³/mol. The molecule has 0 aliphatic rings. The second-order valence-corrected chi connectivity index (χ2v) is 0.928. The molecule has 0 aromatic rings. The van der Waals surface area contributed by atoms with Gasteiger partial charge in [-0.15, -0.1) is 0 Å². The van der Waals surface area contributed by atoms with Gasteiger partial charge in [0.15, 0.2) is 0 Å². The van der Waals surface area contributed by atoms with Crippen LogP contribution in [-0.4, -0.2) is 0 Å². The fraction of sp³-hybridized carbons (Fsp3) is 0.200. The lowest BCUT2D eigenvalue weighted by Crippen LogP contribution is -1.39. The summed E-state index contributed by atoms with van der Waals surface area (Å²) < 4.78 is 0. The Kier molecular flexibility index (Phi) is 4.28. The number of hydrogen-bond donors (Lipinski definition) is 0. The molecule has 1 heteroatoms. The highest BCUT2D eigenvalue weighted by atomic mass is 35.5. The van der Waals surface area contributed by atoms with Crippen LogP contribution >= 0.6 is 11.6 Å². The second kappa shape index (κ2) is 4.59. The van der Waals surface area contributed by atoms with Crippen LogP contribution in [-0.2, 0) is 0 Å². The van der Waals surface area contributed by atoms with Crippen LogP contribution in [0.25, 0.3) is 0 Å². The molecule has 0 amide bonds. The molecule has 0 bridgehead atoms. The first-order valence-electron chi connectivity index (χ1n) is 1.64. The van der Waals surface area contributed by atoms with E-state index < -0.39 is 0 Å². The molecule has 32 valence electrons. The van der Waals surface area contributed by atoms with Crippen molar-refractivity contribution in [3.63, 3.8) is 0 Å². The normalized spacial score (nSPS) is 7.67. The Labute approximate surface area is 42.8 Å². The molecule has 0 N–H and O–H groups in total. The maximum atomic E-state index is 4.97. The lowest BCUT2D eigenvalue weighted by molar-refractivity contribution is 1.76. The fourth-order valence-electron chi connectivity index (χ4n) is 0.115. The fourth-order valence-corrected chi connectivity index (χ4v) is 0.178. The van der Waals surface area contributed by atoms with E-state index in [0.717, 1.165) is 0 Å². The van der Waals surface area contributed by atoms with Gasteiger partial charge in [-0.3, -0.25) is 0 Å². The van der Waals surface area contributed by atoms with Crippen LogP contribution in [0.2, 0.25) is 0 Å². The van der Waals surface area contributed by atoms with Crippen molar-refractivity contribution in [2.24, 2.45) is 0 Å². The zero-order valence-electron chi connectivity index (χ0n) is 3.53. The van der Waals surface area contributed by atoms with Crippen molar-refractivity contribution in [3.05, 3.63) is 12.2 Å². The van der Waals surface area contributed by atoms with E-state index in [1.807, 2.05) is 13.0 Å². The smallest absolute Gasteiger partial charge is 0.00888 e. The summed E-state index contributed by atoms with van der Waals surface area (Å²) in [6.45, 7) is 1.89. The minimum atomic E-state index is 1.69. The molecule has 0 spiro atoms. The van der Waals surface area contributed by atoms with E-state index in [0.29, 0.717) is 0 Å². The Balaban J connectivity index is 3.24. The van der Waals surface area contributed by atoms with Crippen LogP contribution in [0.3, 0.4) is 0 Å². The molecular weight excluding hydrogens is 95.5 g/mol. The number of halogens is 1. The van der Waals surface area contributed by atoms with Crippen LogP contribution in [0.5, 0.6) is 0 Å². The summed E-state index contributed by atoms with van der Waals surface area (Å²) in [5, 5.41) is 2.20. The monoisotopic (exact) mass is 100 g/mol.